The van der Waals surface area contributed by atoms with E-state index in [0.717, 1.165) is 0 Å². The molecule has 1 rings (SSSR count). The van der Waals surface area contributed by atoms with Crippen LogP contribution in [0, 0.1) is 0 Å². The van der Waals surface area contributed by atoms with Gasteiger partial charge in [0.1, 0.15) is 5.54 Å². The van der Waals surface area contributed by atoms with Crippen LogP contribution in [0.5, 0.6) is 0 Å². The molecular formula is C10H12N2OS. The van der Waals surface area contributed by atoms with Crippen molar-refractivity contribution in [2.24, 2.45) is 5.73 Å². The number of benzene rings is 1. The number of thiocarbonyl (C=S) groups is 1. The lowest BCUT2D eigenvalue weighted by molar-refractivity contribution is -0.123. The molecule has 0 saturated carbocycles. The van der Waals surface area contributed by atoms with Crippen LogP contribution in [0.15, 0.2) is 30.3 Å². The lowest BCUT2D eigenvalue weighted by Crippen LogP contribution is -2.51. The minimum Gasteiger partial charge on any atom is -0.357 e. The van der Waals surface area contributed by atoms with Crippen LogP contribution in [-0.2, 0) is 10.3 Å². The Morgan fingerprint density at radius 1 is 1.50 bits per heavy atom. The zero-order valence-corrected chi connectivity index (χ0v) is 8.67. The topological polar surface area (TPSA) is 55.1 Å². The van der Waals surface area contributed by atoms with E-state index in [9.17, 15) is 4.79 Å². The van der Waals surface area contributed by atoms with Crippen LogP contribution in [0.25, 0.3) is 0 Å². The Bertz CT molecular complexity index is 339. The SMILES string of the molecule is CNC(=O)C(N)(C=S)c1ccccc1. The third-order valence-corrected chi connectivity index (χ3v) is 2.41. The zero-order valence-electron chi connectivity index (χ0n) is 7.86. The lowest BCUT2D eigenvalue weighted by Gasteiger charge is -2.22. The van der Waals surface area contributed by atoms with Gasteiger partial charge in [0.2, 0.25) is 5.91 Å². The van der Waals surface area contributed by atoms with Crippen LogP contribution < -0.4 is 11.1 Å². The van der Waals surface area contributed by atoms with Gasteiger partial charge in [-0.3, -0.25) is 4.79 Å². The molecule has 4 heteroatoms. The molecule has 1 aromatic rings. The first kappa shape index (κ1) is 10.8. The molecule has 1 atom stereocenters. The second kappa shape index (κ2) is 4.30. The monoisotopic (exact) mass is 208 g/mol. The molecule has 74 valence electrons. The maximum Gasteiger partial charge on any atom is 0.249 e. The number of likely N-dealkylation sites (N-methyl/N-ethyl adjacent to an activating group) is 1. The summed E-state index contributed by atoms with van der Waals surface area (Å²) in [7, 11) is 1.53. The van der Waals surface area contributed by atoms with E-state index in [1.165, 1.54) is 12.4 Å². The molecule has 1 amide bonds. The fourth-order valence-corrected chi connectivity index (χ4v) is 1.42. The Morgan fingerprint density at radius 2 is 2.07 bits per heavy atom. The highest BCUT2D eigenvalue weighted by molar-refractivity contribution is 7.79. The Balaban J connectivity index is 3.14. The van der Waals surface area contributed by atoms with Gasteiger partial charge in [-0.25, -0.2) is 0 Å². The van der Waals surface area contributed by atoms with Crippen molar-refractivity contribution in [3.63, 3.8) is 0 Å². The summed E-state index contributed by atoms with van der Waals surface area (Å²) in [5, 5.41) is 3.77. The molecule has 0 saturated heterocycles. The van der Waals surface area contributed by atoms with Crippen LogP contribution in [0.3, 0.4) is 0 Å². The molecular weight excluding hydrogens is 196 g/mol. The second-order valence-electron chi connectivity index (χ2n) is 2.93. The average Bonchev–Trinajstić information content (AvgIpc) is 2.28. The number of rotatable bonds is 3. The number of carbonyl (C=O) groups excluding carboxylic acids is 1. The Morgan fingerprint density at radius 3 is 2.50 bits per heavy atom. The zero-order chi connectivity index (χ0) is 10.6. The number of nitrogens with one attached hydrogen (secondary N) is 1. The summed E-state index contributed by atoms with van der Waals surface area (Å²) in [5.74, 6) is -0.307. The molecule has 3 N–H and O–H groups in total. The van der Waals surface area contributed by atoms with Crippen molar-refractivity contribution < 1.29 is 4.79 Å². The number of carbonyl (C=O) groups is 1. The standard InChI is InChI=1S/C10H12N2OS/c1-12-9(13)10(11,7-14)8-5-3-2-4-6-8/h2-7H,11H2,1H3,(H,12,13). The van der Waals surface area contributed by atoms with Gasteiger partial charge in [0, 0.05) is 12.4 Å². The second-order valence-corrected chi connectivity index (χ2v) is 3.17. The van der Waals surface area contributed by atoms with Gasteiger partial charge >= 0.3 is 0 Å². The van der Waals surface area contributed by atoms with Crippen molar-refractivity contribution in [1.29, 1.82) is 0 Å². The highest BCUT2D eigenvalue weighted by Crippen LogP contribution is 2.16. The predicted molar refractivity (Wildman–Crippen MR) is 60.0 cm³/mol. The van der Waals surface area contributed by atoms with E-state index in [0.29, 0.717) is 5.56 Å². The van der Waals surface area contributed by atoms with E-state index in [4.69, 9.17) is 18.0 Å². The minimum absolute atomic E-state index is 0.307. The fourth-order valence-electron chi connectivity index (χ4n) is 1.17. The Kier molecular flexibility index (Phi) is 3.33. The molecule has 3 nitrogen and oxygen atoms in total. The molecule has 0 fully saturated rings. The van der Waals surface area contributed by atoms with Crippen LogP contribution in [0.2, 0.25) is 0 Å². The number of amides is 1. The highest BCUT2D eigenvalue weighted by Gasteiger charge is 2.32. The predicted octanol–water partition coefficient (Wildman–Crippen LogP) is 0.586. The van der Waals surface area contributed by atoms with Crippen LogP contribution in [0.1, 0.15) is 5.56 Å². The quantitative estimate of drug-likeness (QED) is 0.715. The lowest BCUT2D eigenvalue weighted by atomic mass is 9.92. The summed E-state index contributed by atoms with van der Waals surface area (Å²) in [6, 6.07) is 9.05. The molecule has 0 aliphatic carbocycles. The molecule has 1 unspecified atom stereocenters. The molecule has 0 aromatic heterocycles. The Hall–Kier alpha value is -1.26. The van der Waals surface area contributed by atoms with Crippen molar-refractivity contribution in [1.82, 2.24) is 5.32 Å². The van der Waals surface area contributed by atoms with E-state index in [2.05, 4.69) is 5.32 Å². The van der Waals surface area contributed by atoms with Crippen molar-refractivity contribution in [2.45, 2.75) is 5.54 Å². The van der Waals surface area contributed by atoms with Crippen molar-refractivity contribution in [3.05, 3.63) is 35.9 Å². The number of hydrogen-bond donors (Lipinski definition) is 2. The Labute approximate surface area is 88.3 Å². The number of hydrogen-bond acceptors (Lipinski definition) is 3. The summed E-state index contributed by atoms with van der Waals surface area (Å²) in [6.07, 6.45) is 0. The summed E-state index contributed by atoms with van der Waals surface area (Å²) >= 11 is 4.80. The maximum absolute atomic E-state index is 11.5. The molecule has 0 aliphatic rings. The molecule has 0 radical (unpaired) electrons. The van der Waals surface area contributed by atoms with Gasteiger partial charge in [-0.15, -0.1) is 0 Å². The number of nitrogens with two attached hydrogens (primary N) is 1. The third-order valence-electron chi connectivity index (χ3n) is 2.04. The summed E-state index contributed by atoms with van der Waals surface area (Å²) in [6.45, 7) is 0. The van der Waals surface area contributed by atoms with Crippen LogP contribution in [-0.4, -0.2) is 18.3 Å². The minimum atomic E-state index is -1.22. The van der Waals surface area contributed by atoms with Gasteiger partial charge in [0.15, 0.2) is 0 Å². The van der Waals surface area contributed by atoms with Gasteiger partial charge < -0.3 is 11.1 Å². The van der Waals surface area contributed by atoms with Gasteiger partial charge in [-0.05, 0) is 5.56 Å². The molecule has 0 bridgehead atoms. The first-order valence-electron chi connectivity index (χ1n) is 4.18. The maximum atomic E-state index is 11.5. The van der Waals surface area contributed by atoms with Crippen molar-refractivity contribution in [2.75, 3.05) is 7.05 Å². The van der Waals surface area contributed by atoms with Crippen molar-refractivity contribution in [3.8, 4) is 0 Å². The van der Waals surface area contributed by atoms with Crippen LogP contribution in [0.4, 0.5) is 0 Å². The fraction of sp³-hybridized carbons (Fsp3) is 0.200. The van der Waals surface area contributed by atoms with E-state index >= 15 is 0 Å². The van der Waals surface area contributed by atoms with Gasteiger partial charge in [-0.2, -0.15) is 0 Å². The smallest absolute Gasteiger partial charge is 0.249 e. The van der Waals surface area contributed by atoms with E-state index in [-0.39, 0.29) is 5.91 Å². The summed E-state index contributed by atoms with van der Waals surface area (Å²) in [5.41, 5.74) is 5.37. The largest absolute Gasteiger partial charge is 0.357 e. The molecule has 14 heavy (non-hydrogen) atoms. The first-order chi connectivity index (χ1) is 6.65. The molecule has 1 aromatic carbocycles. The van der Waals surface area contributed by atoms with Gasteiger partial charge in [0.25, 0.3) is 0 Å². The summed E-state index contributed by atoms with van der Waals surface area (Å²) in [4.78, 5) is 11.5. The molecule has 0 spiro atoms. The summed E-state index contributed by atoms with van der Waals surface area (Å²) < 4.78 is 0. The first-order valence-corrected chi connectivity index (χ1v) is 4.65. The molecule has 0 heterocycles. The van der Waals surface area contributed by atoms with E-state index in [1.54, 1.807) is 12.1 Å². The van der Waals surface area contributed by atoms with Crippen molar-refractivity contribution >= 4 is 23.5 Å². The van der Waals surface area contributed by atoms with Crippen LogP contribution >= 0.6 is 12.2 Å². The van der Waals surface area contributed by atoms with E-state index in [1.807, 2.05) is 18.2 Å². The molecule has 0 aliphatic heterocycles. The van der Waals surface area contributed by atoms with Gasteiger partial charge in [-0.1, -0.05) is 42.5 Å². The normalized spacial score (nSPS) is 14.1. The van der Waals surface area contributed by atoms with E-state index < -0.39 is 5.54 Å². The average molecular weight is 208 g/mol. The highest BCUT2D eigenvalue weighted by atomic mass is 32.1. The third kappa shape index (κ3) is 1.81. The van der Waals surface area contributed by atoms with Gasteiger partial charge in [0.05, 0.1) is 0 Å².